The van der Waals surface area contributed by atoms with Crippen molar-refractivity contribution < 1.29 is 15.0 Å². The zero-order valence-electron chi connectivity index (χ0n) is 11.1. The van der Waals surface area contributed by atoms with E-state index in [1.54, 1.807) is 12.1 Å². The highest BCUT2D eigenvalue weighted by molar-refractivity contribution is 9.09. The summed E-state index contributed by atoms with van der Waals surface area (Å²) in [6.45, 7) is 0. The average Bonchev–Trinajstić information content (AvgIpc) is 2.37. The summed E-state index contributed by atoms with van der Waals surface area (Å²) in [6, 6.07) is 5.24. The number of aromatic hydroxyl groups is 1. The molecule has 3 nitrogen and oxygen atoms in total. The number of unbranched alkanes of at least 4 members (excludes halogenated alkanes) is 3. The summed E-state index contributed by atoms with van der Waals surface area (Å²) in [4.78, 5) is 10.6. The molecule has 0 saturated carbocycles. The first-order chi connectivity index (χ1) is 9.13. The standard InChI is InChI=1S/C15H21BrO3/c16-10-4-2-1-3-5-13-11-14(17)8-6-12(13)7-9-15(18)19/h6,8,11,17H,1-5,7,9-10H2,(H,18,19). The van der Waals surface area contributed by atoms with Crippen molar-refractivity contribution in [1.82, 2.24) is 0 Å². The van der Waals surface area contributed by atoms with Gasteiger partial charge in [-0.25, -0.2) is 0 Å². The minimum absolute atomic E-state index is 0.140. The number of phenols is 1. The molecule has 19 heavy (non-hydrogen) atoms. The van der Waals surface area contributed by atoms with Gasteiger partial charge >= 0.3 is 5.97 Å². The summed E-state index contributed by atoms with van der Waals surface area (Å²) < 4.78 is 0. The molecule has 0 spiro atoms. The molecule has 1 aromatic rings. The lowest BCUT2D eigenvalue weighted by Gasteiger charge is -2.09. The molecule has 0 fully saturated rings. The number of rotatable bonds is 9. The summed E-state index contributed by atoms with van der Waals surface area (Å²) >= 11 is 3.41. The van der Waals surface area contributed by atoms with Gasteiger partial charge in [-0.2, -0.15) is 0 Å². The molecule has 1 rings (SSSR count). The lowest BCUT2D eigenvalue weighted by molar-refractivity contribution is -0.136. The quantitative estimate of drug-likeness (QED) is 0.533. The number of alkyl halides is 1. The lowest BCUT2D eigenvalue weighted by atomic mass is 9.97. The van der Waals surface area contributed by atoms with E-state index in [9.17, 15) is 9.90 Å². The van der Waals surface area contributed by atoms with Crippen LogP contribution in [0.25, 0.3) is 0 Å². The van der Waals surface area contributed by atoms with Crippen molar-refractivity contribution in [2.45, 2.75) is 44.9 Å². The molecule has 0 aromatic heterocycles. The van der Waals surface area contributed by atoms with Gasteiger partial charge in [0.1, 0.15) is 5.75 Å². The third-order valence-corrected chi connectivity index (χ3v) is 3.69. The maximum Gasteiger partial charge on any atom is 0.303 e. The van der Waals surface area contributed by atoms with Gasteiger partial charge in [-0.15, -0.1) is 0 Å². The van der Waals surface area contributed by atoms with Crippen LogP contribution >= 0.6 is 15.9 Å². The maximum absolute atomic E-state index is 10.6. The monoisotopic (exact) mass is 328 g/mol. The molecular weight excluding hydrogens is 308 g/mol. The van der Waals surface area contributed by atoms with Gasteiger partial charge in [-0.1, -0.05) is 34.8 Å². The summed E-state index contributed by atoms with van der Waals surface area (Å²) in [5.41, 5.74) is 2.13. The number of carbonyl (C=O) groups is 1. The molecule has 4 heteroatoms. The van der Waals surface area contributed by atoms with Gasteiger partial charge < -0.3 is 10.2 Å². The Morgan fingerprint density at radius 3 is 2.47 bits per heavy atom. The normalized spacial score (nSPS) is 10.6. The molecule has 0 unspecified atom stereocenters. The largest absolute Gasteiger partial charge is 0.508 e. The van der Waals surface area contributed by atoms with Crippen LogP contribution in [-0.4, -0.2) is 21.5 Å². The predicted molar refractivity (Wildman–Crippen MR) is 80.0 cm³/mol. The smallest absolute Gasteiger partial charge is 0.303 e. The zero-order chi connectivity index (χ0) is 14.1. The highest BCUT2D eigenvalue weighted by atomic mass is 79.9. The Hall–Kier alpha value is -1.03. The highest BCUT2D eigenvalue weighted by Crippen LogP contribution is 2.20. The number of benzene rings is 1. The number of hydrogen-bond donors (Lipinski definition) is 2. The summed E-state index contributed by atoms with van der Waals surface area (Å²) in [5, 5.41) is 19.3. The number of carboxylic acid groups (broad SMARTS) is 1. The molecule has 0 aliphatic carbocycles. The molecule has 106 valence electrons. The molecule has 0 amide bonds. The van der Waals surface area contributed by atoms with E-state index < -0.39 is 5.97 Å². The second kappa shape index (κ2) is 8.97. The number of phenolic OH excluding ortho intramolecular Hbond substituents is 1. The van der Waals surface area contributed by atoms with Gasteiger partial charge in [-0.3, -0.25) is 4.79 Å². The highest BCUT2D eigenvalue weighted by Gasteiger charge is 2.06. The topological polar surface area (TPSA) is 57.5 Å². The molecule has 0 aliphatic rings. The Bertz CT molecular complexity index is 404. The van der Waals surface area contributed by atoms with E-state index in [-0.39, 0.29) is 12.2 Å². The number of hydrogen-bond acceptors (Lipinski definition) is 2. The molecule has 0 radical (unpaired) electrons. The Kier molecular flexibility index (Phi) is 7.56. The van der Waals surface area contributed by atoms with Gasteiger partial charge in [0.2, 0.25) is 0 Å². The van der Waals surface area contributed by atoms with E-state index >= 15 is 0 Å². The van der Waals surface area contributed by atoms with Crippen LogP contribution in [0.2, 0.25) is 0 Å². The van der Waals surface area contributed by atoms with E-state index in [0.29, 0.717) is 6.42 Å². The first-order valence-corrected chi connectivity index (χ1v) is 7.84. The fourth-order valence-corrected chi connectivity index (χ4v) is 2.49. The van der Waals surface area contributed by atoms with E-state index in [4.69, 9.17) is 5.11 Å². The van der Waals surface area contributed by atoms with Gasteiger partial charge in [-0.05, 0) is 48.9 Å². The SMILES string of the molecule is O=C(O)CCc1ccc(O)cc1CCCCCCBr. The van der Waals surface area contributed by atoms with Crippen molar-refractivity contribution in [3.63, 3.8) is 0 Å². The summed E-state index contributed by atoms with van der Waals surface area (Å²) in [7, 11) is 0. The summed E-state index contributed by atoms with van der Waals surface area (Å²) in [5.74, 6) is -0.522. The second-order valence-electron chi connectivity index (χ2n) is 4.70. The maximum atomic E-state index is 10.6. The first kappa shape index (κ1) is 16.0. The van der Waals surface area contributed by atoms with Gasteiger partial charge in [0.25, 0.3) is 0 Å². The van der Waals surface area contributed by atoms with Crippen LogP contribution in [0.15, 0.2) is 18.2 Å². The lowest BCUT2D eigenvalue weighted by Crippen LogP contribution is -2.01. The van der Waals surface area contributed by atoms with Crippen molar-refractivity contribution in [3.05, 3.63) is 29.3 Å². The third kappa shape index (κ3) is 6.62. The van der Waals surface area contributed by atoms with Crippen LogP contribution in [0.3, 0.4) is 0 Å². The van der Waals surface area contributed by atoms with Gasteiger partial charge in [0.05, 0.1) is 0 Å². The van der Waals surface area contributed by atoms with Crippen molar-refractivity contribution >= 4 is 21.9 Å². The Balaban J connectivity index is 2.53. The number of carboxylic acids is 1. The Morgan fingerprint density at radius 1 is 1.05 bits per heavy atom. The van der Waals surface area contributed by atoms with E-state index in [2.05, 4.69) is 15.9 Å². The number of aliphatic carboxylic acids is 1. The fraction of sp³-hybridized carbons (Fsp3) is 0.533. The van der Waals surface area contributed by atoms with Crippen LogP contribution in [0, 0.1) is 0 Å². The number of halogens is 1. The molecule has 1 aromatic carbocycles. The molecule has 0 bridgehead atoms. The van der Waals surface area contributed by atoms with Crippen LogP contribution < -0.4 is 0 Å². The van der Waals surface area contributed by atoms with Crippen molar-refractivity contribution in [2.24, 2.45) is 0 Å². The van der Waals surface area contributed by atoms with E-state index in [1.807, 2.05) is 6.07 Å². The molecule has 0 aliphatic heterocycles. The summed E-state index contributed by atoms with van der Waals surface area (Å²) in [6.07, 6.45) is 6.22. The third-order valence-electron chi connectivity index (χ3n) is 3.13. The van der Waals surface area contributed by atoms with Crippen LogP contribution in [0.5, 0.6) is 5.75 Å². The minimum atomic E-state index is -0.781. The Labute approximate surface area is 122 Å². The molecule has 2 N–H and O–H groups in total. The minimum Gasteiger partial charge on any atom is -0.508 e. The van der Waals surface area contributed by atoms with Crippen molar-refractivity contribution in [3.8, 4) is 5.75 Å². The van der Waals surface area contributed by atoms with E-state index in [0.717, 1.165) is 29.3 Å². The molecular formula is C15H21BrO3. The van der Waals surface area contributed by atoms with Crippen LogP contribution in [0.1, 0.15) is 43.2 Å². The predicted octanol–water partition coefficient (Wildman–Crippen LogP) is 3.91. The van der Waals surface area contributed by atoms with E-state index in [1.165, 1.54) is 19.3 Å². The fourth-order valence-electron chi connectivity index (χ4n) is 2.09. The van der Waals surface area contributed by atoms with Crippen LogP contribution in [0.4, 0.5) is 0 Å². The Morgan fingerprint density at radius 2 is 1.79 bits per heavy atom. The first-order valence-electron chi connectivity index (χ1n) is 6.72. The van der Waals surface area contributed by atoms with Crippen molar-refractivity contribution in [2.75, 3.05) is 5.33 Å². The number of aryl methyl sites for hydroxylation is 2. The molecule has 0 atom stereocenters. The van der Waals surface area contributed by atoms with Crippen molar-refractivity contribution in [1.29, 1.82) is 0 Å². The second-order valence-corrected chi connectivity index (χ2v) is 5.49. The molecule has 0 heterocycles. The van der Waals surface area contributed by atoms with Crippen LogP contribution in [-0.2, 0) is 17.6 Å². The van der Waals surface area contributed by atoms with Gasteiger partial charge in [0, 0.05) is 11.8 Å². The zero-order valence-corrected chi connectivity index (χ0v) is 12.7. The molecule has 0 saturated heterocycles. The average molecular weight is 329 g/mol. The van der Waals surface area contributed by atoms with Gasteiger partial charge in [0.15, 0.2) is 0 Å².